The smallest absolute Gasteiger partial charge is 0.271 e. The number of hydrogen-bond donors (Lipinski definition) is 0. The summed E-state index contributed by atoms with van der Waals surface area (Å²) in [5.74, 6) is -0.336. The molecule has 0 saturated carbocycles. The molecule has 1 fully saturated rings. The van der Waals surface area contributed by atoms with Gasteiger partial charge in [0.2, 0.25) is 5.88 Å². The quantitative estimate of drug-likeness (QED) is 0.595. The molecule has 1 amide bonds. The van der Waals surface area contributed by atoms with Gasteiger partial charge in [0.25, 0.3) is 11.5 Å². The van der Waals surface area contributed by atoms with Crippen LogP contribution in [0.15, 0.2) is 71.5 Å². The van der Waals surface area contributed by atoms with E-state index < -0.39 is 11.9 Å². The maximum atomic E-state index is 13.2. The van der Waals surface area contributed by atoms with Gasteiger partial charge in [0.1, 0.15) is 5.82 Å². The number of amides is 1. The zero-order valence-electron chi connectivity index (χ0n) is 17.9. The minimum absolute atomic E-state index is 0.0958. The fraction of sp³-hybridized carbons (Fsp3) is 0.292. The van der Waals surface area contributed by atoms with Crippen LogP contribution >= 0.6 is 0 Å². The van der Waals surface area contributed by atoms with E-state index in [0.29, 0.717) is 25.2 Å². The van der Waals surface area contributed by atoms with E-state index in [9.17, 15) is 14.0 Å². The van der Waals surface area contributed by atoms with E-state index in [2.05, 4.69) is 22.1 Å². The number of aromatic nitrogens is 2. The van der Waals surface area contributed by atoms with E-state index in [1.807, 2.05) is 30.0 Å². The van der Waals surface area contributed by atoms with Crippen LogP contribution in [0.3, 0.4) is 0 Å². The van der Waals surface area contributed by atoms with Gasteiger partial charge in [-0.15, -0.1) is 5.10 Å². The first-order chi connectivity index (χ1) is 15.5. The first kappa shape index (κ1) is 21.5. The van der Waals surface area contributed by atoms with E-state index in [0.717, 1.165) is 23.5 Å². The molecular formula is C24H25FN4O3. The van der Waals surface area contributed by atoms with E-state index in [1.54, 1.807) is 0 Å². The number of ether oxygens (including phenoxy) is 1. The van der Waals surface area contributed by atoms with Gasteiger partial charge in [-0.3, -0.25) is 9.59 Å². The van der Waals surface area contributed by atoms with Gasteiger partial charge in [0, 0.05) is 44.0 Å². The molecule has 1 saturated heterocycles. The van der Waals surface area contributed by atoms with Crippen LogP contribution in [0.4, 0.5) is 10.1 Å². The molecule has 0 unspecified atom stereocenters. The van der Waals surface area contributed by atoms with Crippen molar-refractivity contribution in [3.63, 3.8) is 0 Å². The molecule has 2 aromatic carbocycles. The minimum atomic E-state index is -0.704. The minimum Gasteiger partial charge on any atom is -0.463 e. The molecule has 0 aliphatic carbocycles. The van der Waals surface area contributed by atoms with Crippen molar-refractivity contribution in [1.82, 2.24) is 14.7 Å². The van der Waals surface area contributed by atoms with Gasteiger partial charge in [-0.25, -0.2) is 4.39 Å². The average molecular weight is 436 g/mol. The highest BCUT2D eigenvalue weighted by Gasteiger charge is 2.28. The Morgan fingerprint density at radius 3 is 2.31 bits per heavy atom. The highest BCUT2D eigenvalue weighted by molar-refractivity contribution is 5.81. The number of piperazine rings is 1. The zero-order valence-corrected chi connectivity index (χ0v) is 17.9. The van der Waals surface area contributed by atoms with Gasteiger partial charge in [0.05, 0.1) is 5.69 Å². The molecule has 32 heavy (non-hydrogen) atoms. The molecule has 1 aliphatic heterocycles. The Balaban J connectivity index is 1.43. The van der Waals surface area contributed by atoms with Crippen LogP contribution in [0.2, 0.25) is 0 Å². The zero-order chi connectivity index (χ0) is 22.5. The topological polar surface area (TPSA) is 67.7 Å². The second-order valence-corrected chi connectivity index (χ2v) is 7.56. The van der Waals surface area contributed by atoms with Gasteiger partial charge in [-0.05, 0) is 42.8 Å². The van der Waals surface area contributed by atoms with Crippen LogP contribution in [0.1, 0.15) is 13.3 Å². The third-order valence-electron chi connectivity index (χ3n) is 5.47. The summed E-state index contributed by atoms with van der Waals surface area (Å²) in [5, 5.41) is 4.22. The number of benzene rings is 2. The Hall–Kier alpha value is -3.68. The molecule has 4 rings (SSSR count). The van der Waals surface area contributed by atoms with Gasteiger partial charge in [0.15, 0.2) is 6.10 Å². The molecule has 7 nitrogen and oxygen atoms in total. The second-order valence-electron chi connectivity index (χ2n) is 7.56. The number of carbonyl (C=O) groups excluding carboxylic acids is 1. The van der Waals surface area contributed by atoms with E-state index >= 15 is 0 Å². The summed E-state index contributed by atoms with van der Waals surface area (Å²) < 4.78 is 20.2. The van der Waals surface area contributed by atoms with Crippen molar-refractivity contribution in [2.75, 3.05) is 31.1 Å². The van der Waals surface area contributed by atoms with Crippen LogP contribution in [0, 0.1) is 5.82 Å². The third kappa shape index (κ3) is 4.80. The summed E-state index contributed by atoms with van der Waals surface area (Å²) >= 11 is 0. The molecule has 8 heteroatoms. The standard InChI is InChI=1S/C24H25FN4O3/c1-2-21(24(31)28-16-14-27(15-17-28)19-6-4-3-5-7-19)32-22-12-13-23(30)29(26-22)20-10-8-18(25)9-11-20/h3-13,21H,2,14-17H2,1H3/t21-/m0/s1. The van der Waals surface area contributed by atoms with Crippen molar-refractivity contribution in [3.05, 3.63) is 82.9 Å². The summed E-state index contributed by atoms with van der Waals surface area (Å²) in [6.07, 6.45) is -0.236. The summed E-state index contributed by atoms with van der Waals surface area (Å²) in [6.45, 7) is 4.59. The third-order valence-corrected chi connectivity index (χ3v) is 5.47. The summed E-state index contributed by atoms with van der Waals surface area (Å²) in [6, 6.07) is 18.3. The number of hydrogen-bond acceptors (Lipinski definition) is 5. The van der Waals surface area contributed by atoms with Crippen LogP contribution in [-0.4, -0.2) is 52.9 Å². The maximum absolute atomic E-state index is 13.2. The second kappa shape index (κ2) is 9.64. The highest BCUT2D eigenvalue weighted by Crippen LogP contribution is 2.18. The van der Waals surface area contributed by atoms with Gasteiger partial charge in [-0.1, -0.05) is 25.1 Å². The highest BCUT2D eigenvalue weighted by atomic mass is 19.1. The number of carbonyl (C=O) groups is 1. The largest absolute Gasteiger partial charge is 0.463 e. The number of nitrogens with zero attached hydrogens (tertiary/aromatic N) is 4. The first-order valence-electron chi connectivity index (χ1n) is 10.7. The fourth-order valence-corrected chi connectivity index (χ4v) is 3.71. The molecule has 0 spiro atoms. The molecule has 2 heterocycles. The van der Waals surface area contributed by atoms with Crippen LogP contribution in [0.25, 0.3) is 5.69 Å². The van der Waals surface area contributed by atoms with Crippen LogP contribution in [0.5, 0.6) is 5.88 Å². The molecule has 3 aromatic rings. The first-order valence-corrected chi connectivity index (χ1v) is 10.7. The molecule has 1 aliphatic rings. The Morgan fingerprint density at radius 1 is 0.969 bits per heavy atom. The summed E-state index contributed by atoms with van der Waals surface area (Å²) in [4.78, 5) is 29.4. The summed E-state index contributed by atoms with van der Waals surface area (Å²) in [7, 11) is 0. The maximum Gasteiger partial charge on any atom is 0.271 e. The van der Waals surface area contributed by atoms with Crippen molar-refractivity contribution in [1.29, 1.82) is 0 Å². The molecule has 0 N–H and O–H groups in total. The van der Waals surface area contributed by atoms with Crippen molar-refractivity contribution in [2.24, 2.45) is 0 Å². The van der Waals surface area contributed by atoms with Crippen molar-refractivity contribution in [2.45, 2.75) is 19.4 Å². The monoisotopic (exact) mass is 436 g/mol. The molecule has 1 aromatic heterocycles. The van der Waals surface area contributed by atoms with Gasteiger partial charge < -0.3 is 14.5 Å². The SMILES string of the molecule is CC[C@H](Oc1ccc(=O)n(-c2ccc(F)cc2)n1)C(=O)N1CCN(c2ccccc2)CC1. The molecule has 1 atom stereocenters. The lowest BCUT2D eigenvalue weighted by atomic mass is 10.2. The van der Waals surface area contributed by atoms with Gasteiger partial charge in [-0.2, -0.15) is 4.68 Å². The average Bonchev–Trinajstić information content (AvgIpc) is 2.84. The number of rotatable bonds is 6. The normalized spacial score (nSPS) is 14.8. The number of para-hydroxylation sites is 1. The Labute approximate surface area is 185 Å². The van der Waals surface area contributed by atoms with Crippen molar-refractivity contribution >= 4 is 11.6 Å². The Bertz CT molecular complexity index is 1110. The molecule has 0 bridgehead atoms. The molecule has 0 radical (unpaired) electrons. The van der Waals surface area contributed by atoms with E-state index in [1.165, 1.54) is 36.4 Å². The van der Waals surface area contributed by atoms with Crippen LogP contribution < -0.4 is 15.2 Å². The predicted molar refractivity (Wildman–Crippen MR) is 120 cm³/mol. The molecular weight excluding hydrogens is 411 g/mol. The van der Waals surface area contributed by atoms with Crippen LogP contribution in [-0.2, 0) is 4.79 Å². The van der Waals surface area contributed by atoms with Crippen molar-refractivity contribution < 1.29 is 13.9 Å². The van der Waals surface area contributed by atoms with E-state index in [-0.39, 0.29) is 17.3 Å². The lowest BCUT2D eigenvalue weighted by Gasteiger charge is -2.37. The van der Waals surface area contributed by atoms with Crippen molar-refractivity contribution in [3.8, 4) is 11.6 Å². The number of anilines is 1. The lowest BCUT2D eigenvalue weighted by Crippen LogP contribution is -2.52. The summed E-state index contributed by atoms with van der Waals surface area (Å²) in [5.41, 5.74) is 1.19. The predicted octanol–water partition coefficient (Wildman–Crippen LogP) is 2.88. The van der Waals surface area contributed by atoms with E-state index in [4.69, 9.17) is 4.74 Å². The lowest BCUT2D eigenvalue weighted by molar-refractivity contribution is -0.139. The Morgan fingerprint density at radius 2 is 1.66 bits per heavy atom. The number of halogens is 1. The Kier molecular flexibility index (Phi) is 6.49. The fourth-order valence-electron chi connectivity index (χ4n) is 3.71. The van der Waals surface area contributed by atoms with Gasteiger partial charge >= 0.3 is 0 Å². The molecule has 166 valence electrons.